The Morgan fingerprint density at radius 1 is 1.11 bits per heavy atom. The molecule has 2 heterocycles. The third-order valence-corrected chi connectivity index (χ3v) is 5.62. The molecule has 0 saturated carbocycles. The molecule has 144 valence electrons. The zero-order valence-electron chi connectivity index (χ0n) is 16.0. The average molecular weight is 441 g/mol. The molecule has 6 heteroatoms. The molecule has 0 fully saturated rings. The quantitative estimate of drug-likeness (QED) is 0.615. The average Bonchev–Trinajstić information content (AvgIpc) is 2.94. The van der Waals surface area contributed by atoms with Crippen molar-refractivity contribution < 1.29 is 9.21 Å². The van der Waals surface area contributed by atoms with Crippen LogP contribution in [0, 0.1) is 6.92 Å². The van der Waals surface area contributed by atoms with Crippen molar-refractivity contribution in [3.63, 3.8) is 0 Å². The van der Waals surface area contributed by atoms with Crippen LogP contribution in [0.1, 0.15) is 33.3 Å². The van der Waals surface area contributed by atoms with Crippen LogP contribution >= 0.6 is 15.9 Å². The molecule has 3 aromatic rings. The Morgan fingerprint density at radius 2 is 1.82 bits per heavy atom. The summed E-state index contributed by atoms with van der Waals surface area (Å²) in [5, 5.41) is 0.517. The highest BCUT2D eigenvalue weighted by Crippen LogP contribution is 2.38. The van der Waals surface area contributed by atoms with Crippen LogP contribution in [0.3, 0.4) is 0 Å². The molecule has 0 saturated heterocycles. The number of fused-ring (bicyclic) bond motifs is 2. The summed E-state index contributed by atoms with van der Waals surface area (Å²) in [5.74, 6) is -0.0719. The van der Waals surface area contributed by atoms with Gasteiger partial charge in [0.05, 0.1) is 17.0 Å². The van der Waals surface area contributed by atoms with Crippen LogP contribution in [0.25, 0.3) is 11.0 Å². The smallest absolute Gasteiger partial charge is 0.290 e. The lowest BCUT2D eigenvalue weighted by Crippen LogP contribution is -2.35. The fourth-order valence-corrected chi connectivity index (χ4v) is 3.93. The van der Waals surface area contributed by atoms with Crippen molar-refractivity contribution in [2.75, 3.05) is 27.2 Å². The van der Waals surface area contributed by atoms with E-state index in [2.05, 4.69) is 15.9 Å². The molecule has 0 N–H and O–H groups in total. The molecule has 1 aliphatic heterocycles. The maximum absolute atomic E-state index is 13.4. The lowest BCUT2D eigenvalue weighted by atomic mass is 9.98. The first-order chi connectivity index (χ1) is 13.4. The number of nitrogens with zero attached hydrogens (tertiary/aromatic N) is 2. The number of aryl methyl sites for hydroxylation is 1. The molecule has 5 nitrogen and oxygen atoms in total. The fraction of sp³-hybridized carbons (Fsp3) is 0.273. The van der Waals surface area contributed by atoms with Gasteiger partial charge in [0.2, 0.25) is 5.76 Å². The minimum atomic E-state index is -0.447. The second kappa shape index (κ2) is 7.18. The second-order valence-corrected chi connectivity index (χ2v) is 8.35. The van der Waals surface area contributed by atoms with Gasteiger partial charge in [0.1, 0.15) is 5.58 Å². The standard InChI is InChI=1S/C22H21BrN2O3/c1-13-4-9-17-16(12-13)20(26)18-19(14-5-7-15(23)8-6-14)25(11-10-24(2)3)22(27)21(18)28-17/h4-9,12,19H,10-11H2,1-3H3. The van der Waals surface area contributed by atoms with Crippen molar-refractivity contribution in [3.8, 4) is 0 Å². The lowest BCUT2D eigenvalue weighted by Gasteiger charge is -2.26. The predicted octanol–water partition coefficient (Wildman–Crippen LogP) is 3.97. The van der Waals surface area contributed by atoms with E-state index in [1.165, 1.54) is 0 Å². The molecule has 0 bridgehead atoms. The summed E-state index contributed by atoms with van der Waals surface area (Å²) >= 11 is 3.45. The Hall–Kier alpha value is -2.44. The summed E-state index contributed by atoms with van der Waals surface area (Å²) < 4.78 is 6.90. The van der Waals surface area contributed by atoms with Gasteiger partial charge in [0.15, 0.2) is 5.43 Å². The Balaban J connectivity index is 1.94. The number of likely N-dealkylation sites (N-methyl/N-ethyl adjacent to an activating group) is 1. The molecule has 28 heavy (non-hydrogen) atoms. The number of benzene rings is 2. The van der Waals surface area contributed by atoms with E-state index < -0.39 is 6.04 Å². The molecule has 4 rings (SSSR count). The third-order valence-electron chi connectivity index (χ3n) is 5.10. The van der Waals surface area contributed by atoms with Crippen LogP contribution in [0.15, 0.2) is 56.1 Å². The monoisotopic (exact) mass is 440 g/mol. The van der Waals surface area contributed by atoms with Gasteiger partial charge < -0.3 is 14.2 Å². The summed E-state index contributed by atoms with van der Waals surface area (Å²) in [4.78, 5) is 30.3. The summed E-state index contributed by atoms with van der Waals surface area (Å²) in [5.41, 5.74) is 2.63. The van der Waals surface area contributed by atoms with Crippen molar-refractivity contribution >= 4 is 32.8 Å². The van der Waals surface area contributed by atoms with E-state index in [1.54, 1.807) is 11.0 Å². The van der Waals surface area contributed by atoms with Gasteiger partial charge in [0.25, 0.3) is 5.91 Å². The highest BCUT2D eigenvalue weighted by atomic mass is 79.9. The Morgan fingerprint density at radius 3 is 2.50 bits per heavy atom. The van der Waals surface area contributed by atoms with E-state index in [0.717, 1.165) is 15.6 Å². The van der Waals surface area contributed by atoms with Gasteiger partial charge >= 0.3 is 0 Å². The van der Waals surface area contributed by atoms with Crippen molar-refractivity contribution in [1.29, 1.82) is 0 Å². The van der Waals surface area contributed by atoms with Crippen LogP contribution < -0.4 is 5.43 Å². The van der Waals surface area contributed by atoms with Crippen LogP contribution in [0.5, 0.6) is 0 Å². The van der Waals surface area contributed by atoms with Gasteiger partial charge in [-0.25, -0.2) is 0 Å². The zero-order chi connectivity index (χ0) is 20.0. The molecule has 1 aliphatic rings. The van der Waals surface area contributed by atoms with Gasteiger partial charge in [0, 0.05) is 17.6 Å². The first kappa shape index (κ1) is 18.9. The SMILES string of the molecule is Cc1ccc2oc3c(c(=O)c2c1)C(c1ccc(Br)cc1)N(CCN(C)C)C3=O. The summed E-state index contributed by atoms with van der Waals surface area (Å²) in [6, 6.07) is 12.8. The Bertz CT molecular complexity index is 1120. The molecule has 0 aliphatic carbocycles. The van der Waals surface area contributed by atoms with Crippen molar-refractivity contribution in [3.05, 3.63) is 79.6 Å². The van der Waals surface area contributed by atoms with Gasteiger partial charge in [-0.05, 0) is 50.8 Å². The van der Waals surface area contributed by atoms with E-state index >= 15 is 0 Å². The lowest BCUT2D eigenvalue weighted by molar-refractivity contribution is 0.0716. The normalized spacial score (nSPS) is 16.2. The maximum atomic E-state index is 13.4. The van der Waals surface area contributed by atoms with Gasteiger partial charge in [-0.15, -0.1) is 0 Å². The van der Waals surface area contributed by atoms with E-state index in [9.17, 15) is 9.59 Å². The molecule has 1 atom stereocenters. The van der Waals surface area contributed by atoms with Crippen LogP contribution in [-0.4, -0.2) is 42.9 Å². The van der Waals surface area contributed by atoms with Gasteiger partial charge in [-0.1, -0.05) is 39.7 Å². The molecule has 1 amide bonds. The van der Waals surface area contributed by atoms with Crippen molar-refractivity contribution in [2.45, 2.75) is 13.0 Å². The highest BCUT2D eigenvalue weighted by molar-refractivity contribution is 9.10. The van der Waals surface area contributed by atoms with Gasteiger partial charge in [-0.3, -0.25) is 9.59 Å². The second-order valence-electron chi connectivity index (χ2n) is 7.43. The number of amides is 1. The number of hydrogen-bond acceptors (Lipinski definition) is 4. The first-order valence-electron chi connectivity index (χ1n) is 9.15. The molecular weight excluding hydrogens is 420 g/mol. The van der Waals surface area contributed by atoms with E-state index in [1.807, 2.05) is 62.3 Å². The van der Waals surface area contributed by atoms with Crippen LogP contribution in [-0.2, 0) is 0 Å². The molecular formula is C22H21BrN2O3. The number of rotatable bonds is 4. The number of carbonyl (C=O) groups excluding carboxylic acids is 1. The fourth-order valence-electron chi connectivity index (χ4n) is 3.66. The topological polar surface area (TPSA) is 53.8 Å². The number of halogens is 1. The molecule has 0 spiro atoms. The van der Waals surface area contributed by atoms with E-state index in [4.69, 9.17) is 4.42 Å². The minimum absolute atomic E-state index is 0.131. The number of hydrogen-bond donors (Lipinski definition) is 0. The highest BCUT2D eigenvalue weighted by Gasteiger charge is 2.42. The largest absolute Gasteiger partial charge is 0.450 e. The predicted molar refractivity (Wildman–Crippen MR) is 113 cm³/mol. The van der Waals surface area contributed by atoms with E-state index in [-0.39, 0.29) is 17.1 Å². The summed E-state index contributed by atoms with van der Waals surface area (Å²) in [7, 11) is 3.92. The number of carbonyl (C=O) groups is 1. The molecule has 1 unspecified atom stereocenters. The molecule has 2 aromatic carbocycles. The first-order valence-corrected chi connectivity index (χ1v) is 9.94. The Kier molecular flexibility index (Phi) is 4.85. The maximum Gasteiger partial charge on any atom is 0.290 e. The summed E-state index contributed by atoms with van der Waals surface area (Å²) in [6.45, 7) is 3.14. The Labute approximate surface area is 171 Å². The summed E-state index contributed by atoms with van der Waals surface area (Å²) in [6.07, 6.45) is 0. The molecule has 0 radical (unpaired) electrons. The van der Waals surface area contributed by atoms with Crippen LogP contribution in [0.2, 0.25) is 0 Å². The van der Waals surface area contributed by atoms with Gasteiger partial charge in [-0.2, -0.15) is 0 Å². The van der Waals surface area contributed by atoms with Crippen molar-refractivity contribution in [1.82, 2.24) is 9.80 Å². The van der Waals surface area contributed by atoms with Crippen molar-refractivity contribution in [2.24, 2.45) is 0 Å². The molecule has 1 aromatic heterocycles. The van der Waals surface area contributed by atoms with E-state index in [0.29, 0.717) is 29.6 Å². The minimum Gasteiger partial charge on any atom is -0.450 e. The third kappa shape index (κ3) is 3.16. The zero-order valence-corrected chi connectivity index (χ0v) is 17.6. The van der Waals surface area contributed by atoms with Crippen LogP contribution in [0.4, 0.5) is 0 Å².